The predicted octanol–water partition coefficient (Wildman–Crippen LogP) is 2.53. The molecule has 0 aliphatic heterocycles. The first-order valence-corrected chi connectivity index (χ1v) is 10.1. The van der Waals surface area contributed by atoms with Crippen molar-refractivity contribution in [1.82, 2.24) is 10.6 Å². The van der Waals surface area contributed by atoms with E-state index in [-0.39, 0.29) is 17.7 Å². The fraction of sp³-hybridized carbons (Fsp3) is 0.348. The Bertz CT molecular complexity index is 837. The van der Waals surface area contributed by atoms with Gasteiger partial charge in [-0.05, 0) is 44.4 Å². The molecule has 0 aromatic heterocycles. The number of ether oxygens (including phenoxy) is 1. The maximum absolute atomic E-state index is 12.5. The molecular weight excluding hydrogens is 382 g/mol. The van der Waals surface area contributed by atoms with Crippen LogP contribution < -0.4 is 16.0 Å². The predicted molar refractivity (Wildman–Crippen MR) is 116 cm³/mol. The number of rotatable bonds is 10. The van der Waals surface area contributed by atoms with Gasteiger partial charge in [0.05, 0.1) is 17.4 Å². The van der Waals surface area contributed by atoms with Crippen molar-refractivity contribution in [2.45, 2.75) is 32.8 Å². The van der Waals surface area contributed by atoms with Crippen LogP contribution in [0.25, 0.3) is 0 Å². The van der Waals surface area contributed by atoms with E-state index in [2.05, 4.69) is 16.0 Å². The average molecular weight is 412 g/mol. The van der Waals surface area contributed by atoms with Crippen molar-refractivity contribution in [3.05, 3.63) is 65.7 Å². The topological polar surface area (TPSA) is 96.5 Å². The molecular formula is C23H29N3O4. The molecule has 0 radical (unpaired) electrons. The minimum absolute atomic E-state index is 0.124. The minimum Gasteiger partial charge on any atom is -0.379 e. The van der Waals surface area contributed by atoms with Crippen LogP contribution >= 0.6 is 0 Å². The van der Waals surface area contributed by atoms with E-state index in [0.29, 0.717) is 38.1 Å². The molecule has 0 unspecified atom stereocenters. The Balaban J connectivity index is 1.83. The van der Waals surface area contributed by atoms with Gasteiger partial charge in [-0.15, -0.1) is 0 Å². The van der Waals surface area contributed by atoms with E-state index in [4.69, 9.17) is 4.74 Å². The second-order valence-electron chi connectivity index (χ2n) is 7.02. The lowest BCUT2D eigenvalue weighted by Gasteiger charge is -2.12. The highest BCUT2D eigenvalue weighted by Gasteiger charge is 2.17. The van der Waals surface area contributed by atoms with Gasteiger partial charge in [-0.25, -0.2) is 0 Å². The highest BCUT2D eigenvalue weighted by atomic mass is 16.5. The Labute approximate surface area is 177 Å². The molecule has 3 N–H and O–H groups in total. The quantitative estimate of drug-likeness (QED) is 0.413. The molecule has 0 spiro atoms. The average Bonchev–Trinajstić information content (AvgIpc) is 2.74. The van der Waals surface area contributed by atoms with Gasteiger partial charge in [-0.3, -0.25) is 14.4 Å². The van der Waals surface area contributed by atoms with Crippen LogP contribution in [0, 0.1) is 0 Å². The molecule has 0 fully saturated rings. The first-order valence-electron chi connectivity index (χ1n) is 10.1. The smallest absolute Gasteiger partial charge is 0.313 e. The second kappa shape index (κ2) is 12.4. The molecule has 0 heterocycles. The number of benzene rings is 2. The van der Waals surface area contributed by atoms with Crippen molar-refractivity contribution in [2.75, 3.05) is 25.0 Å². The minimum atomic E-state index is -0.815. The molecule has 160 valence electrons. The fourth-order valence-electron chi connectivity index (χ4n) is 2.70. The number of hydrogen-bond acceptors (Lipinski definition) is 4. The maximum atomic E-state index is 12.5. The lowest BCUT2D eigenvalue weighted by molar-refractivity contribution is -0.136. The van der Waals surface area contributed by atoms with Crippen molar-refractivity contribution in [2.24, 2.45) is 0 Å². The summed E-state index contributed by atoms with van der Waals surface area (Å²) in [4.78, 5) is 36.7. The van der Waals surface area contributed by atoms with E-state index in [1.165, 1.54) is 0 Å². The summed E-state index contributed by atoms with van der Waals surface area (Å²) in [6.45, 7) is 5.17. The highest BCUT2D eigenvalue weighted by Crippen LogP contribution is 2.15. The summed E-state index contributed by atoms with van der Waals surface area (Å²) >= 11 is 0. The Morgan fingerprint density at radius 3 is 2.30 bits per heavy atom. The van der Waals surface area contributed by atoms with Crippen LogP contribution in [0.15, 0.2) is 54.6 Å². The number of anilines is 1. The molecule has 2 aromatic rings. The maximum Gasteiger partial charge on any atom is 0.313 e. The SMILES string of the molecule is CC(C)OCCCNC(=O)C(=O)Nc1ccccc1C(=O)NCCc1ccccc1. The molecule has 2 rings (SSSR count). The zero-order valence-electron chi connectivity index (χ0n) is 17.4. The van der Waals surface area contributed by atoms with Gasteiger partial charge in [-0.2, -0.15) is 0 Å². The van der Waals surface area contributed by atoms with Crippen molar-refractivity contribution < 1.29 is 19.1 Å². The van der Waals surface area contributed by atoms with Crippen LogP contribution in [0.4, 0.5) is 5.69 Å². The van der Waals surface area contributed by atoms with E-state index in [1.807, 2.05) is 44.2 Å². The molecule has 0 saturated carbocycles. The molecule has 0 saturated heterocycles. The van der Waals surface area contributed by atoms with Crippen LogP contribution in [-0.2, 0) is 20.7 Å². The van der Waals surface area contributed by atoms with Crippen molar-refractivity contribution in [3.63, 3.8) is 0 Å². The van der Waals surface area contributed by atoms with Gasteiger partial charge in [0.1, 0.15) is 0 Å². The number of hydrogen-bond donors (Lipinski definition) is 3. The van der Waals surface area contributed by atoms with E-state index in [1.54, 1.807) is 24.3 Å². The van der Waals surface area contributed by atoms with Crippen LogP contribution in [0.3, 0.4) is 0 Å². The van der Waals surface area contributed by atoms with E-state index in [0.717, 1.165) is 5.56 Å². The largest absolute Gasteiger partial charge is 0.379 e. The monoisotopic (exact) mass is 411 g/mol. The van der Waals surface area contributed by atoms with Crippen molar-refractivity contribution >= 4 is 23.4 Å². The number of nitrogens with one attached hydrogen (secondary N) is 3. The fourth-order valence-corrected chi connectivity index (χ4v) is 2.70. The number of carbonyl (C=O) groups excluding carboxylic acids is 3. The number of para-hydroxylation sites is 1. The third kappa shape index (κ3) is 8.05. The van der Waals surface area contributed by atoms with E-state index in [9.17, 15) is 14.4 Å². The molecule has 0 bridgehead atoms. The summed E-state index contributed by atoms with van der Waals surface area (Å²) in [6.07, 6.45) is 1.43. The Morgan fingerprint density at radius 2 is 1.57 bits per heavy atom. The molecule has 0 aliphatic carbocycles. The summed E-state index contributed by atoms with van der Waals surface area (Å²) < 4.78 is 5.39. The molecule has 0 atom stereocenters. The van der Waals surface area contributed by atoms with E-state index >= 15 is 0 Å². The molecule has 7 heteroatoms. The molecule has 7 nitrogen and oxygen atoms in total. The van der Waals surface area contributed by atoms with Gasteiger partial charge in [0.25, 0.3) is 5.91 Å². The molecule has 30 heavy (non-hydrogen) atoms. The molecule has 0 aliphatic rings. The zero-order chi connectivity index (χ0) is 21.8. The highest BCUT2D eigenvalue weighted by molar-refractivity contribution is 6.40. The molecule has 3 amide bonds. The lowest BCUT2D eigenvalue weighted by Crippen LogP contribution is -2.37. The van der Waals surface area contributed by atoms with Gasteiger partial charge < -0.3 is 20.7 Å². The zero-order valence-corrected chi connectivity index (χ0v) is 17.4. The first-order chi connectivity index (χ1) is 14.5. The third-order valence-electron chi connectivity index (χ3n) is 4.23. The Morgan fingerprint density at radius 1 is 0.867 bits per heavy atom. The first kappa shape index (κ1) is 23.1. The summed E-state index contributed by atoms with van der Waals surface area (Å²) in [7, 11) is 0. The van der Waals surface area contributed by atoms with Crippen molar-refractivity contribution in [1.29, 1.82) is 0 Å². The van der Waals surface area contributed by atoms with Crippen LogP contribution in [-0.4, -0.2) is 43.5 Å². The Kier molecular flexibility index (Phi) is 9.54. The van der Waals surface area contributed by atoms with Gasteiger partial charge in [-0.1, -0.05) is 42.5 Å². The van der Waals surface area contributed by atoms with Crippen molar-refractivity contribution in [3.8, 4) is 0 Å². The van der Waals surface area contributed by atoms with Gasteiger partial charge in [0.2, 0.25) is 0 Å². The van der Waals surface area contributed by atoms with Crippen LogP contribution in [0.5, 0.6) is 0 Å². The number of amides is 3. The third-order valence-corrected chi connectivity index (χ3v) is 4.23. The van der Waals surface area contributed by atoms with Gasteiger partial charge in [0.15, 0.2) is 0 Å². The summed E-state index contributed by atoms with van der Waals surface area (Å²) in [6, 6.07) is 16.4. The van der Waals surface area contributed by atoms with Crippen LogP contribution in [0.2, 0.25) is 0 Å². The molecule has 2 aromatic carbocycles. The van der Waals surface area contributed by atoms with E-state index < -0.39 is 11.8 Å². The second-order valence-corrected chi connectivity index (χ2v) is 7.02. The standard InChI is InChI=1S/C23H29N3O4/c1-17(2)30-16-8-14-24-22(28)23(29)26-20-12-7-6-11-19(20)21(27)25-15-13-18-9-4-3-5-10-18/h3-7,9-12,17H,8,13-16H2,1-2H3,(H,24,28)(H,25,27)(H,26,29). The van der Waals surface area contributed by atoms with Gasteiger partial charge >= 0.3 is 11.8 Å². The summed E-state index contributed by atoms with van der Waals surface area (Å²) in [5.41, 5.74) is 1.71. The van der Waals surface area contributed by atoms with Crippen LogP contribution in [0.1, 0.15) is 36.2 Å². The Hall–Kier alpha value is -3.19. The normalized spacial score (nSPS) is 10.5. The summed E-state index contributed by atoms with van der Waals surface area (Å²) in [5, 5.41) is 7.90. The lowest BCUT2D eigenvalue weighted by atomic mass is 10.1. The summed E-state index contributed by atoms with van der Waals surface area (Å²) in [5.74, 6) is -1.88. The number of carbonyl (C=O) groups is 3. The van der Waals surface area contributed by atoms with Gasteiger partial charge in [0, 0.05) is 19.7 Å².